The molecule has 0 unspecified atom stereocenters. The number of hydrogen-bond donors (Lipinski definition) is 2. The van der Waals surface area contributed by atoms with Crippen molar-refractivity contribution in [2.24, 2.45) is 0 Å². The molecule has 1 fully saturated rings. The Balaban J connectivity index is 1.72. The van der Waals surface area contributed by atoms with E-state index in [0.29, 0.717) is 11.3 Å². The average Bonchev–Trinajstić information content (AvgIpc) is 2.56. The first-order chi connectivity index (χ1) is 10.6. The fourth-order valence-corrected chi connectivity index (χ4v) is 2.69. The number of benzene rings is 1. The molecule has 1 aromatic heterocycles. The number of piperazine rings is 1. The third kappa shape index (κ3) is 2.81. The summed E-state index contributed by atoms with van der Waals surface area (Å²) in [6.45, 7) is 3.11. The van der Waals surface area contributed by atoms with Crippen LogP contribution in [0.5, 0.6) is 0 Å². The maximum Gasteiger partial charge on any atom is 0.337 e. The Morgan fingerprint density at radius 3 is 2.36 bits per heavy atom. The lowest BCUT2D eigenvalue weighted by molar-refractivity contribution is 0.0697. The maximum atomic E-state index is 11.3. The zero-order chi connectivity index (χ0) is 15.5. The topological polar surface area (TPSA) is 82.7 Å². The minimum absolute atomic E-state index is 0.349. The number of aromatic nitrogens is 1. The van der Waals surface area contributed by atoms with E-state index in [1.54, 1.807) is 18.3 Å². The number of aromatic carboxylic acids is 1. The van der Waals surface area contributed by atoms with Crippen molar-refractivity contribution >= 4 is 23.2 Å². The summed E-state index contributed by atoms with van der Waals surface area (Å²) in [5.41, 5.74) is 7.43. The zero-order valence-electron chi connectivity index (χ0n) is 12.1. The van der Waals surface area contributed by atoms with E-state index in [1.807, 2.05) is 24.3 Å². The van der Waals surface area contributed by atoms with Gasteiger partial charge in [0.2, 0.25) is 0 Å². The second-order valence-corrected chi connectivity index (χ2v) is 5.25. The first-order valence-corrected chi connectivity index (χ1v) is 7.19. The van der Waals surface area contributed by atoms with Crippen molar-refractivity contribution in [3.63, 3.8) is 0 Å². The Morgan fingerprint density at radius 2 is 1.73 bits per heavy atom. The van der Waals surface area contributed by atoms with Crippen LogP contribution in [0, 0.1) is 0 Å². The van der Waals surface area contributed by atoms with Crippen molar-refractivity contribution in [3.8, 4) is 0 Å². The molecule has 6 nitrogen and oxygen atoms in total. The molecule has 2 heterocycles. The van der Waals surface area contributed by atoms with Gasteiger partial charge in [0.05, 0.1) is 23.1 Å². The molecule has 1 aliphatic rings. The number of carboxylic acids is 1. The Labute approximate surface area is 128 Å². The highest BCUT2D eigenvalue weighted by Gasteiger charge is 2.21. The SMILES string of the molecule is Nc1ccc(N2CCN(c3ccccc3C(=O)O)CC2)nc1. The molecule has 3 rings (SSSR count). The number of nitrogens with zero attached hydrogens (tertiary/aromatic N) is 3. The van der Waals surface area contributed by atoms with Crippen LogP contribution in [-0.2, 0) is 0 Å². The van der Waals surface area contributed by atoms with Gasteiger partial charge in [-0.3, -0.25) is 0 Å². The summed E-state index contributed by atoms with van der Waals surface area (Å²) in [5, 5.41) is 9.29. The van der Waals surface area contributed by atoms with Gasteiger partial charge in [0.1, 0.15) is 5.82 Å². The van der Waals surface area contributed by atoms with Crippen LogP contribution in [-0.4, -0.2) is 42.2 Å². The van der Waals surface area contributed by atoms with Gasteiger partial charge in [-0.15, -0.1) is 0 Å². The van der Waals surface area contributed by atoms with Gasteiger partial charge in [-0.2, -0.15) is 0 Å². The van der Waals surface area contributed by atoms with Crippen molar-refractivity contribution < 1.29 is 9.90 Å². The minimum atomic E-state index is -0.891. The molecule has 0 saturated carbocycles. The minimum Gasteiger partial charge on any atom is -0.478 e. The fraction of sp³-hybridized carbons (Fsp3) is 0.250. The maximum absolute atomic E-state index is 11.3. The molecule has 3 N–H and O–H groups in total. The summed E-state index contributed by atoms with van der Waals surface area (Å²) in [7, 11) is 0. The van der Waals surface area contributed by atoms with E-state index in [2.05, 4.69) is 14.8 Å². The fourth-order valence-electron chi connectivity index (χ4n) is 2.69. The van der Waals surface area contributed by atoms with Crippen LogP contribution in [0.1, 0.15) is 10.4 Å². The van der Waals surface area contributed by atoms with E-state index in [1.165, 1.54) is 0 Å². The predicted octanol–water partition coefficient (Wildman–Crippen LogP) is 1.69. The Kier molecular flexibility index (Phi) is 3.82. The molecule has 0 spiro atoms. The summed E-state index contributed by atoms with van der Waals surface area (Å²) in [6, 6.07) is 10.9. The molecule has 1 saturated heterocycles. The largest absolute Gasteiger partial charge is 0.478 e. The van der Waals surface area contributed by atoms with E-state index < -0.39 is 5.97 Å². The van der Waals surface area contributed by atoms with Crippen molar-refractivity contribution in [3.05, 3.63) is 48.2 Å². The van der Waals surface area contributed by atoms with Gasteiger partial charge in [-0.1, -0.05) is 12.1 Å². The lowest BCUT2D eigenvalue weighted by atomic mass is 10.1. The number of para-hydroxylation sites is 1. The number of pyridine rings is 1. The average molecular weight is 298 g/mol. The second kappa shape index (κ2) is 5.93. The Hall–Kier alpha value is -2.76. The van der Waals surface area contributed by atoms with Crippen LogP contribution in [0.25, 0.3) is 0 Å². The van der Waals surface area contributed by atoms with Crippen molar-refractivity contribution in [1.29, 1.82) is 0 Å². The van der Waals surface area contributed by atoms with Crippen LogP contribution in [0.3, 0.4) is 0 Å². The molecule has 2 aromatic rings. The molecule has 0 amide bonds. The number of nitrogen functional groups attached to an aromatic ring is 1. The van der Waals surface area contributed by atoms with Crippen LogP contribution in [0.4, 0.5) is 17.2 Å². The highest BCUT2D eigenvalue weighted by Crippen LogP contribution is 2.23. The van der Waals surface area contributed by atoms with Gasteiger partial charge in [-0.25, -0.2) is 9.78 Å². The standard InChI is InChI=1S/C16H18N4O2/c17-12-5-6-15(18-11-12)20-9-7-19(8-10-20)14-4-2-1-3-13(14)16(21)22/h1-6,11H,7-10,17H2,(H,21,22). The summed E-state index contributed by atoms with van der Waals surface area (Å²) in [6.07, 6.45) is 1.65. The normalized spacial score (nSPS) is 14.9. The van der Waals surface area contributed by atoms with Gasteiger partial charge < -0.3 is 20.6 Å². The molecule has 1 aromatic carbocycles. The highest BCUT2D eigenvalue weighted by atomic mass is 16.4. The molecular weight excluding hydrogens is 280 g/mol. The van der Waals surface area contributed by atoms with E-state index in [4.69, 9.17) is 5.73 Å². The summed E-state index contributed by atoms with van der Waals surface area (Å²) in [4.78, 5) is 19.9. The molecule has 1 aliphatic heterocycles. The third-order valence-electron chi connectivity index (χ3n) is 3.85. The molecule has 22 heavy (non-hydrogen) atoms. The van der Waals surface area contributed by atoms with Crippen LogP contribution < -0.4 is 15.5 Å². The lowest BCUT2D eigenvalue weighted by Gasteiger charge is -2.37. The predicted molar refractivity (Wildman–Crippen MR) is 86.5 cm³/mol. The van der Waals surface area contributed by atoms with Crippen molar-refractivity contribution in [2.45, 2.75) is 0 Å². The van der Waals surface area contributed by atoms with E-state index >= 15 is 0 Å². The number of carbonyl (C=O) groups is 1. The first-order valence-electron chi connectivity index (χ1n) is 7.19. The molecule has 6 heteroatoms. The molecule has 0 aliphatic carbocycles. The summed E-state index contributed by atoms with van der Waals surface area (Å²) < 4.78 is 0. The van der Waals surface area contributed by atoms with Gasteiger partial charge >= 0.3 is 5.97 Å². The van der Waals surface area contributed by atoms with Gasteiger partial charge in [-0.05, 0) is 24.3 Å². The zero-order valence-corrected chi connectivity index (χ0v) is 12.1. The first kappa shape index (κ1) is 14.2. The lowest BCUT2D eigenvalue weighted by Crippen LogP contribution is -2.47. The number of carboxylic acid groups (broad SMARTS) is 1. The van der Waals surface area contributed by atoms with Crippen molar-refractivity contribution in [1.82, 2.24) is 4.98 Å². The van der Waals surface area contributed by atoms with E-state index in [0.717, 1.165) is 37.7 Å². The molecule has 114 valence electrons. The van der Waals surface area contributed by atoms with Gasteiger partial charge in [0, 0.05) is 26.2 Å². The third-order valence-corrected chi connectivity index (χ3v) is 3.85. The van der Waals surface area contributed by atoms with Crippen LogP contribution in [0.2, 0.25) is 0 Å². The molecular formula is C16H18N4O2. The second-order valence-electron chi connectivity index (χ2n) is 5.25. The Morgan fingerprint density at radius 1 is 1.05 bits per heavy atom. The molecule has 0 atom stereocenters. The number of hydrogen-bond acceptors (Lipinski definition) is 5. The van der Waals surface area contributed by atoms with Gasteiger partial charge in [0.15, 0.2) is 0 Å². The number of nitrogens with two attached hydrogens (primary N) is 1. The molecule has 0 radical (unpaired) electrons. The monoisotopic (exact) mass is 298 g/mol. The highest BCUT2D eigenvalue weighted by molar-refractivity contribution is 5.94. The summed E-state index contributed by atoms with van der Waals surface area (Å²) >= 11 is 0. The van der Waals surface area contributed by atoms with Crippen LogP contribution >= 0.6 is 0 Å². The quantitative estimate of drug-likeness (QED) is 0.897. The van der Waals surface area contributed by atoms with E-state index in [-0.39, 0.29) is 0 Å². The Bertz CT molecular complexity index is 664. The smallest absolute Gasteiger partial charge is 0.337 e. The molecule has 0 bridgehead atoms. The van der Waals surface area contributed by atoms with Crippen LogP contribution in [0.15, 0.2) is 42.6 Å². The number of anilines is 3. The number of rotatable bonds is 3. The summed E-state index contributed by atoms with van der Waals surface area (Å²) in [5.74, 6) is 0.0126. The van der Waals surface area contributed by atoms with Gasteiger partial charge in [0.25, 0.3) is 0 Å². The van der Waals surface area contributed by atoms with E-state index in [9.17, 15) is 9.90 Å². The van der Waals surface area contributed by atoms with Crippen molar-refractivity contribution in [2.75, 3.05) is 41.7 Å².